The Labute approximate surface area is 193 Å². The number of hydrogen-bond donors (Lipinski definition) is 0. The minimum Gasteiger partial charge on any atom is -0.497 e. The zero-order chi connectivity index (χ0) is 22.9. The summed E-state index contributed by atoms with van der Waals surface area (Å²) < 4.78 is 39.2. The highest BCUT2D eigenvalue weighted by atomic mass is 35.5. The Bertz CT molecular complexity index is 1270. The number of rotatable bonds is 6. The largest absolute Gasteiger partial charge is 0.497 e. The van der Waals surface area contributed by atoms with Crippen LogP contribution in [0.3, 0.4) is 0 Å². The predicted octanol–water partition coefficient (Wildman–Crippen LogP) is 5.21. The maximum atomic E-state index is 13.6. The first-order valence-electron chi connectivity index (χ1n) is 10.0. The number of aryl methyl sites for hydroxylation is 1. The number of ether oxygens (including phenoxy) is 2. The number of halogens is 1. The van der Waals surface area contributed by atoms with E-state index in [1.807, 2.05) is 31.2 Å². The van der Waals surface area contributed by atoms with Gasteiger partial charge in [-0.15, -0.1) is 0 Å². The number of nitrogens with zero attached hydrogens (tertiary/aromatic N) is 2. The van der Waals surface area contributed by atoms with Crippen LogP contribution in [-0.2, 0) is 10.0 Å². The summed E-state index contributed by atoms with van der Waals surface area (Å²) in [5.41, 5.74) is 2.95. The van der Waals surface area contributed by atoms with E-state index in [1.165, 1.54) is 0 Å². The quantitative estimate of drug-likeness (QED) is 0.496. The van der Waals surface area contributed by atoms with E-state index >= 15 is 0 Å². The lowest BCUT2D eigenvalue weighted by Gasteiger charge is -2.24. The van der Waals surface area contributed by atoms with Gasteiger partial charge in [0.05, 0.1) is 30.9 Å². The van der Waals surface area contributed by atoms with Crippen LogP contribution in [0.1, 0.15) is 29.2 Å². The van der Waals surface area contributed by atoms with Gasteiger partial charge in [0.1, 0.15) is 11.5 Å². The molecule has 4 rings (SSSR count). The summed E-state index contributed by atoms with van der Waals surface area (Å²) in [5.74, 6) is 1.19. The van der Waals surface area contributed by atoms with Gasteiger partial charge in [-0.05, 0) is 42.8 Å². The van der Waals surface area contributed by atoms with Gasteiger partial charge in [-0.2, -0.15) is 17.9 Å². The van der Waals surface area contributed by atoms with E-state index in [2.05, 4.69) is 5.10 Å². The van der Waals surface area contributed by atoms with Crippen molar-refractivity contribution in [3.05, 3.63) is 88.4 Å². The van der Waals surface area contributed by atoms with E-state index in [4.69, 9.17) is 21.1 Å². The van der Waals surface area contributed by atoms with Crippen molar-refractivity contribution in [2.45, 2.75) is 24.3 Å². The van der Waals surface area contributed by atoms with Crippen LogP contribution in [0, 0.1) is 6.92 Å². The summed E-state index contributed by atoms with van der Waals surface area (Å²) in [6, 6.07) is 18.7. The van der Waals surface area contributed by atoms with Crippen LogP contribution in [0.25, 0.3) is 0 Å². The van der Waals surface area contributed by atoms with Crippen molar-refractivity contribution >= 4 is 27.3 Å². The second-order valence-electron chi connectivity index (χ2n) is 7.44. The van der Waals surface area contributed by atoms with Gasteiger partial charge >= 0.3 is 0 Å². The minimum absolute atomic E-state index is 0.173. The van der Waals surface area contributed by atoms with E-state index in [-0.39, 0.29) is 4.90 Å². The molecule has 0 amide bonds. The Morgan fingerprint density at radius 1 is 1.00 bits per heavy atom. The molecule has 1 aliphatic heterocycles. The van der Waals surface area contributed by atoms with Crippen LogP contribution in [0.4, 0.5) is 0 Å². The molecule has 0 aliphatic carbocycles. The third-order valence-corrected chi connectivity index (χ3v) is 7.46. The molecule has 32 heavy (non-hydrogen) atoms. The summed E-state index contributed by atoms with van der Waals surface area (Å²) in [7, 11) is -0.791. The Kier molecular flexibility index (Phi) is 6.13. The highest BCUT2D eigenvalue weighted by Crippen LogP contribution is 2.41. The van der Waals surface area contributed by atoms with Gasteiger partial charge in [0.25, 0.3) is 10.0 Å². The fraction of sp³-hybridized carbons (Fsp3) is 0.208. The lowest BCUT2D eigenvalue weighted by Crippen LogP contribution is -2.27. The lowest BCUT2D eigenvalue weighted by molar-refractivity contribution is 0.371. The molecule has 0 radical (unpaired) electrons. The molecule has 0 spiro atoms. The van der Waals surface area contributed by atoms with Gasteiger partial charge in [0.2, 0.25) is 0 Å². The molecule has 0 bridgehead atoms. The Morgan fingerprint density at radius 3 is 2.38 bits per heavy atom. The predicted molar refractivity (Wildman–Crippen MR) is 125 cm³/mol. The number of hydrazone groups is 1. The Morgan fingerprint density at radius 2 is 1.72 bits per heavy atom. The molecule has 0 N–H and O–H groups in total. The first kappa shape index (κ1) is 22.2. The van der Waals surface area contributed by atoms with Crippen molar-refractivity contribution in [3.63, 3.8) is 0 Å². The molecule has 6 nitrogen and oxygen atoms in total. The topological polar surface area (TPSA) is 68.2 Å². The van der Waals surface area contributed by atoms with Crippen molar-refractivity contribution in [2.24, 2.45) is 5.10 Å². The molecule has 166 valence electrons. The fourth-order valence-electron chi connectivity index (χ4n) is 3.71. The molecule has 1 heterocycles. The normalized spacial score (nSPS) is 16.1. The van der Waals surface area contributed by atoms with E-state index in [9.17, 15) is 8.42 Å². The average molecular weight is 471 g/mol. The van der Waals surface area contributed by atoms with Crippen molar-refractivity contribution in [1.82, 2.24) is 4.41 Å². The zero-order valence-electron chi connectivity index (χ0n) is 17.9. The maximum absolute atomic E-state index is 13.6. The van der Waals surface area contributed by atoms with E-state index in [0.29, 0.717) is 39.8 Å². The first-order valence-corrected chi connectivity index (χ1v) is 11.8. The molecule has 8 heteroatoms. The number of benzene rings is 3. The van der Waals surface area contributed by atoms with Gasteiger partial charge in [-0.1, -0.05) is 47.5 Å². The molecule has 0 aromatic heterocycles. The standard InChI is InChI=1S/C24H23ClN2O4S/c1-16-8-11-18(12-9-16)32(28,29)27-23(19-6-4-5-7-21(19)25)15-22(26-27)20-13-10-17(30-2)14-24(20)31-3/h4-14,23H,15H2,1-3H3/t23-/m1/s1. The van der Waals surface area contributed by atoms with Crippen LogP contribution in [0.2, 0.25) is 5.02 Å². The molecular formula is C24H23ClN2O4S. The Hall–Kier alpha value is -3.03. The van der Waals surface area contributed by atoms with Gasteiger partial charge < -0.3 is 9.47 Å². The molecule has 3 aromatic carbocycles. The van der Waals surface area contributed by atoms with Crippen LogP contribution in [0.5, 0.6) is 11.5 Å². The van der Waals surface area contributed by atoms with E-state index in [1.54, 1.807) is 56.7 Å². The Balaban J connectivity index is 1.84. The SMILES string of the molecule is COc1ccc(C2=NN(S(=O)(=O)c3ccc(C)cc3)[C@@H](c3ccccc3Cl)C2)c(OC)c1. The van der Waals surface area contributed by atoms with Crippen molar-refractivity contribution in [1.29, 1.82) is 0 Å². The summed E-state index contributed by atoms with van der Waals surface area (Å²) >= 11 is 6.46. The molecule has 3 aromatic rings. The molecule has 0 saturated carbocycles. The highest BCUT2D eigenvalue weighted by Gasteiger charge is 2.39. The van der Waals surface area contributed by atoms with Crippen LogP contribution < -0.4 is 9.47 Å². The first-order chi connectivity index (χ1) is 15.3. The summed E-state index contributed by atoms with van der Waals surface area (Å²) in [6.45, 7) is 1.91. The van der Waals surface area contributed by atoms with Gasteiger partial charge in [-0.3, -0.25) is 0 Å². The molecular weight excluding hydrogens is 448 g/mol. The molecule has 1 aliphatic rings. The summed E-state index contributed by atoms with van der Waals surface area (Å²) in [5, 5.41) is 5.06. The summed E-state index contributed by atoms with van der Waals surface area (Å²) in [6.07, 6.45) is 0.345. The fourth-order valence-corrected chi connectivity index (χ4v) is 5.39. The maximum Gasteiger partial charge on any atom is 0.279 e. The van der Waals surface area contributed by atoms with Crippen molar-refractivity contribution in [3.8, 4) is 11.5 Å². The number of sulfonamides is 1. The van der Waals surface area contributed by atoms with E-state index in [0.717, 1.165) is 9.98 Å². The van der Waals surface area contributed by atoms with Gasteiger partial charge in [-0.25, -0.2) is 0 Å². The highest BCUT2D eigenvalue weighted by molar-refractivity contribution is 7.89. The van der Waals surface area contributed by atoms with E-state index < -0.39 is 16.1 Å². The van der Waals surface area contributed by atoms with Gasteiger partial charge in [0.15, 0.2) is 0 Å². The van der Waals surface area contributed by atoms with Crippen LogP contribution >= 0.6 is 11.6 Å². The smallest absolute Gasteiger partial charge is 0.279 e. The lowest BCUT2D eigenvalue weighted by atomic mass is 9.98. The van der Waals surface area contributed by atoms with Crippen LogP contribution in [0.15, 0.2) is 76.7 Å². The number of hydrogen-bond acceptors (Lipinski definition) is 5. The molecule has 0 unspecified atom stereocenters. The minimum atomic E-state index is -3.92. The second kappa shape index (κ2) is 8.84. The molecule has 1 atom stereocenters. The monoisotopic (exact) mass is 470 g/mol. The third-order valence-electron chi connectivity index (χ3n) is 5.42. The third kappa shape index (κ3) is 4.06. The van der Waals surface area contributed by atoms with Gasteiger partial charge in [0, 0.05) is 23.1 Å². The summed E-state index contributed by atoms with van der Waals surface area (Å²) in [4.78, 5) is 0.173. The average Bonchev–Trinajstić information content (AvgIpc) is 3.25. The number of methoxy groups -OCH3 is 2. The molecule has 0 fully saturated rings. The second-order valence-corrected chi connectivity index (χ2v) is 9.65. The van der Waals surface area contributed by atoms with Crippen molar-refractivity contribution < 1.29 is 17.9 Å². The van der Waals surface area contributed by atoms with Crippen LogP contribution in [-0.4, -0.2) is 32.8 Å². The van der Waals surface area contributed by atoms with Crippen molar-refractivity contribution in [2.75, 3.05) is 14.2 Å². The molecule has 0 saturated heterocycles. The zero-order valence-corrected chi connectivity index (χ0v) is 19.5.